The van der Waals surface area contributed by atoms with E-state index in [-0.39, 0.29) is 0 Å². The van der Waals surface area contributed by atoms with Crippen LogP contribution < -0.4 is 4.74 Å². The monoisotopic (exact) mass is 180 g/mol. The molecule has 1 aromatic rings. The standard InChI is InChI=1S/C11H16O2/c1-4-11(2,12)9-5-7-10(13-3)8-6-9/h5-8,12H,4H2,1-3H3. The second kappa shape index (κ2) is 3.79. The number of ether oxygens (including phenoxy) is 1. The minimum Gasteiger partial charge on any atom is -0.497 e. The average Bonchev–Trinajstić information content (AvgIpc) is 2.18. The van der Waals surface area contributed by atoms with E-state index in [1.54, 1.807) is 7.11 Å². The van der Waals surface area contributed by atoms with E-state index in [2.05, 4.69) is 0 Å². The van der Waals surface area contributed by atoms with Crippen LogP contribution in [-0.2, 0) is 5.60 Å². The second-order valence-electron chi connectivity index (χ2n) is 3.36. The van der Waals surface area contributed by atoms with Crippen molar-refractivity contribution in [2.24, 2.45) is 0 Å². The van der Waals surface area contributed by atoms with Crippen LogP contribution in [0.4, 0.5) is 0 Å². The summed E-state index contributed by atoms with van der Waals surface area (Å²) >= 11 is 0. The van der Waals surface area contributed by atoms with Crippen molar-refractivity contribution in [2.75, 3.05) is 7.11 Å². The highest BCUT2D eigenvalue weighted by Crippen LogP contribution is 2.25. The summed E-state index contributed by atoms with van der Waals surface area (Å²) in [6.45, 7) is 3.78. The second-order valence-corrected chi connectivity index (χ2v) is 3.36. The quantitative estimate of drug-likeness (QED) is 0.773. The molecule has 0 radical (unpaired) electrons. The minimum absolute atomic E-state index is 0.708. The van der Waals surface area contributed by atoms with Gasteiger partial charge in [0.2, 0.25) is 0 Å². The average molecular weight is 180 g/mol. The van der Waals surface area contributed by atoms with E-state index in [1.807, 2.05) is 38.1 Å². The fraction of sp³-hybridized carbons (Fsp3) is 0.455. The molecule has 0 aliphatic carbocycles. The van der Waals surface area contributed by atoms with Gasteiger partial charge >= 0.3 is 0 Å². The van der Waals surface area contributed by atoms with Gasteiger partial charge in [-0.1, -0.05) is 19.1 Å². The van der Waals surface area contributed by atoms with Gasteiger partial charge in [-0.3, -0.25) is 0 Å². The summed E-state index contributed by atoms with van der Waals surface area (Å²) in [4.78, 5) is 0. The van der Waals surface area contributed by atoms with E-state index < -0.39 is 5.60 Å². The van der Waals surface area contributed by atoms with Gasteiger partial charge in [0.15, 0.2) is 0 Å². The van der Waals surface area contributed by atoms with Gasteiger partial charge < -0.3 is 9.84 Å². The van der Waals surface area contributed by atoms with Crippen LogP contribution in [0.3, 0.4) is 0 Å². The maximum Gasteiger partial charge on any atom is 0.118 e. The van der Waals surface area contributed by atoms with E-state index in [4.69, 9.17) is 4.74 Å². The van der Waals surface area contributed by atoms with Crippen molar-refractivity contribution in [1.82, 2.24) is 0 Å². The van der Waals surface area contributed by atoms with Crippen molar-refractivity contribution in [3.05, 3.63) is 29.8 Å². The van der Waals surface area contributed by atoms with Gasteiger partial charge in [0, 0.05) is 0 Å². The lowest BCUT2D eigenvalue weighted by atomic mass is 9.93. The van der Waals surface area contributed by atoms with Gasteiger partial charge in [-0.25, -0.2) is 0 Å². The maximum absolute atomic E-state index is 9.92. The van der Waals surface area contributed by atoms with Crippen molar-refractivity contribution < 1.29 is 9.84 Å². The Morgan fingerprint density at radius 2 is 1.85 bits per heavy atom. The third-order valence-corrected chi connectivity index (χ3v) is 2.40. The first-order chi connectivity index (χ1) is 6.10. The molecule has 0 heterocycles. The molecule has 1 aromatic carbocycles. The van der Waals surface area contributed by atoms with Crippen LogP contribution in [0.25, 0.3) is 0 Å². The van der Waals surface area contributed by atoms with Crippen molar-refractivity contribution in [3.8, 4) is 5.75 Å². The molecule has 1 unspecified atom stereocenters. The molecule has 0 bridgehead atoms. The van der Waals surface area contributed by atoms with E-state index in [9.17, 15) is 5.11 Å². The van der Waals surface area contributed by atoms with E-state index in [0.717, 1.165) is 11.3 Å². The van der Waals surface area contributed by atoms with Crippen LogP contribution in [0.1, 0.15) is 25.8 Å². The van der Waals surface area contributed by atoms with Gasteiger partial charge in [0.1, 0.15) is 5.75 Å². The number of methoxy groups -OCH3 is 1. The van der Waals surface area contributed by atoms with Gasteiger partial charge in [-0.15, -0.1) is 0 Å². The Morgan fingerprint density at radius 3 is 2.23 bits per heavy atom. The lowest BCUT2D eigenvalue weighted by Gasteiger charge is -2.21. The lowest BCUT2D eigenvalue weighted by Crippen LogP contribution is -2.19. The predicted molar refractivity (Wildman–Crippen MR) is 52.9 cm³/mol. The van der Waals surface area contributed by atoms with E-state index in [1.165, 1.54) is 0 Å². The fourth-order valence-corrected chi connectivity index (χ4v) is 1.15. The molecule has 0 fully saturated rings. The van der Waals surface area contributed by atoms with Crippen molar-refractivity contribution in [2.45, 2.75) is 25.9 Å². The Labute approximate surface area is 79.2 Å². The van der Waals surface area contributed by atoms with Crippen molar-refractivity contribution >= 4 is 0 Å². The summed E-state index contributed by atoms with van der Waals surface area (Å²) in [5.74, 6) is 0.815. The maximum atomic E-state index is 9.92. The SMILES string of the molecule is CCC(C)(O)c1ccc(OC)cc1. The van der Waals surface area contributed by atoms with Crippen LogP contribution in [0.5, 0.6) is 5.75 Å². The van der Waals surface area contributed by atoms with Crippen LogP contribution in [0.15, 0.2) is 24.3 Å². The lowest BCUT2D eigenvalue weighted by molar-refractivity contribution is 0.0530. The Hall–Kier alpha value is -1.02. The first-order valence-electron chi connectivity index (χ1n) is 4.47. The molecule has 0 saturated heterocycles. The molecule has 1 atom stereocenters. The highest BCUT2D eigenvalue weighted by Gasteiger charge is 2.19. The normalized spacial score (nSPS) is 15.1. The Morgan fingerprint density at radius 1 is 1.31 bits per heavy atom. The van der Waals surface area contributed by atoms with Crippen LogP contribution >= 0.6 is 0 Å². The van der Waals surface area contributed by atoms with E-state index >= 15 is 0 Å². The van der Waals surface area contributed by atoms with Gasteiger partial charge in [-0.05, 0) is 31.0 Å². The highest BCUT2D eigenvalue weighted by molar-refractivity contribution is 5.30. The third-order valence-electron chi connectivity index (χ3n) is 2.40. The molecule has 0 aromatic heterocycles. The summed E-state index contributed by atoms with van der Waals surface area (Å²) in [7, 11) is 1.63. The summed E-state index contributed by atoms with van der Waals surface area (Å²) in [5, 5.41) is 9.92. The van der Waals surface area contributed by atoms with Gasteiger partial charge in [0.05, 0.1) is 12.7 Å². The predicted octanol–water partition coefficient (Wildman–Crippen LogP) is 2.31. The minimum atomic E-state index is -0.730. The molecule has 0 aliphatic heterocycles. The molecule has 0 aliphatic rings. The molecule has 2 heteroatoms. The summed E-state index contributed by atoms with van der Waals surface area (Å²) in [5.41, 5.74) is 0.197. The number of benzene rings is 1. The summed E-state index contributed by atoms with van der Waals surface area (Å²) < 4.78 is 5.03. The van der Waals surface area contributed by atoms with Crippen molar-refractivity contribution in [3.63, 3.8) is 0 Å². The molecule has 0 amide bonds. The fourth-order valence-electron chi connectivity index (χ4n) is 1.15. The molecule has 2 nitrogen and oxygen atoms in total. The molecular weight excluding hydrogens is 164 g/mol. The topological polar surface area (TPSA) is 29.5 Å². The molecule has 13 heavy (non-hydrogen) atoms. The summed E-state index contributed by atoms with van der Waals surface area (Å²) in [6, 6.07) is 7.50. The van der Waals surface area contributed by atoms with Crippen molar-refractivity contribution in [1.29, 1.82) is 0 Å². The molecule has 1 rings (SSSR count). The molecule has 0 saturated carbocycles. The summed E-state index contributed by atoms with van der Waals surface area (Å²) in [6.07, 6.45) is 0.708. The highest BCUT2D eigenvalue weighted by atomic mass is 16.5. The van der Waals surface area contributed by atoms with Crippen LogP contribution in [0, 0.1) is 0 Å². The molecule has 72 valence electrons. The van der Waals surface area contributed by atoms with E-state index in [0.29, 0.717) is 6.42 Å². The van der Waals surface area contributed by atoms with Gasteiger partial charge in [-0.2, -0.15) is 0 Å². The van der Waals surface area contributed by atoms with Crippen LogP contribution in [-0.4, -0.2) is 12.2 Å². The smallest absolute Gasteiger partial charge is 0.118 e. The number of hydrogen-bond acceptors (Lipinski definition) is 2. The third kappa shape index (κ3) is 2.22. The Bertz CT molecular complexity index is 262. The largest absolute Gasteiger partial charge is 0.497 e. The number of hydrogen-bond donors (Lipinski definition) is 1. The molecule has 1 N–H and O–H groups in total. The van der Waals surface area contributed by atoms with Crippen LogP contribution in [0.2, 0.25) is 0 Å². The number of aliphatic hydroxyl groups is 1. The number of rotatable bonds is 3. The Balaban J connectivity index is 2.92. The zero-order valence-electron chi connectivity index (χ0n) is 8.37. The first-order valence-corrected chi connectivity index (χ1v) is 4.47. The first kappa shape index (κ1) is 10.1. The molecular formula is C11H16O2. The van der Waals surface area contributed by atoms with Gasteiger partial charge in [0.25, 0.3) is 0 Å². The molecule has 0 spiro atoms. The zero-order valence-corrected chi connectivity index (χ0v) is 8.37. The zero-order chi connectivity index (χ0) is 9.90. The Kier molecular flexibility index (Phi) is 2.94.